The third-order valence-electron chi connectivity index (χ3n) is 1.97. The van der Waals surface area contributed by atoms with Crippen LogP contribution in [0.2, 0.25) is 0 Å². The molecule has 0 unspecified atom stereocenters. The number of nitrogens with zero attached hydrogens (tertiary/aromatic N) is 1. The first-order valence-electron chi connectivity index (χ1n) is 4.24. The highest BCUT2D eigenvalue weighted by Crippen LogP contribution is 2.21. The summed E-state index contributed by atoms with van der Waals surface area (Å²) in [4.78, 5) is 4.33. The van der Waals surface area contributed by atoms with Crippen molar-refractivity contribution >= 4 is 0 Å². The van der Waals surface area contributed by atoms with E-state index in [2.05, 4.69) is 11.1 Å². The predicted octanol–water partition coefficient (Wildman–Crippen LogP) is 2.96. The minimum Gasteiger partial charge on any atom is -0.463 e. The van der Waals surface area contributed by atoms with Crippen molar-refractivity contribution in [3.8, 4) is 11.5 Å². The average Bonchev–Trinajstić information content (AvgIpc) is 2.56. The monoisotopic (exact) mass is 173 g/mol. The van der Waals surface area contributed by atoms with E-state index >= 15 is 0 Å². The van der Waals surface area contributed by atoms with E-state index in [0.717, 1.165) is 17.0 Å². The Morgan fingerprint density at radius 3 is 2.77 bits per heavy atom. The zero-order valence-electron chi connectivity index (χ0n) is 7.74. The molecule has 0 aliphatic carbocycles. The minimum absolute atomic E-state index is 0.831. The van der Waals surface area contributed by atoms with E-state index in [1.807, 2.05) is 32.2 Å². The van der Waals surface area contributed by atoms with Gasteiger partial charge >= 0.3 is 0 Å². The molecule has 0 fully saturated rings. The quantitative estimate of drug-likeness (QED) is 0.662. The van der Waals surface area contributed by atoms with Crippen LogP contribution in [0.25, 0.3) is 11.5 Å². The summed E-state index contributed by atoms with van der Waals surface area (Å²) in [5.41, 5.74) is 3.25. The number of furan rings is 1. The van der Waals surface area contributed by atoms with Crippen molar-refractivity contribution in [2.45, 2.75) is 13.8 Å². The molecule has 0 spiro atoms. The third kappa shape index (κ3) is 1.47. The smallest absolute Gasteiger partial charge is 0.152 e. The molecule has 2 rings (SSSR count). The fraction of sp³-hybridized carbons (Fsp3) is 0.182. The number of rotatable bonds is 1. The van der Waals surface area contributed by atoms with Gasteiger partial charge in [-0.15, -0.1) is 0 Å². The Morgan fingerprint density at radius 1 is 1.31 bits per heavy atom. The predicted molar refractivity (Wildman–Crippen MR) is 51.4 cm³/mol. The maximum Gasteiger partial charge on any atom is 0.152 e. The number of hydrogen-bond acceptors (Lipinski definition) is 2. The number of aryl methyl sites for hydroxylation is 2. The molecule has 2 heteroatoms. The van der Waals surface area contributed by atoms with Crippen molar-refractivity contribution in [1.82, 2.24) is 4.98 Å². The molecule has 13 heavy (non-hydrogen) atoms. The summed E-state index contributed by atoms with van der Waals surface area (Å²) in [6.45, 7) is 4.07. The Labute approximate surface area is 77.2 Å². The summed E-state index contributed by atoms with van der Waals surface area (Å²) < 4.78 is 5.28. The summed E-state index contributed by atoms with van der Waals surface area (Å²) in [7, 11) is 0. The zero-order chi connectivity index (χ0) is 9.26. The maximum absolute atomic E-state index is 5.28. The van der Waals surface area contributed by atoms with Crippen molar-refractivity contribution in [2.75, 3.05) is 0 Å². The van der Waals surface area contributed by atoms with Crippen LogP contribution >= 0.6 is 0 Å². The normalized spacial score (nSPS) is 10.3. The molecule has 0 amide bonds. The van der Waals surface area contributed by atoms with Gasteiger partial charge in [-0.25, -0.2) is 0 Å². The van der Waals surface area contributed by atoms with Crippen molar-refractivity contribution in [2.24, 2.45) is 0 Å². The Balaban J connectivity index is 2.53. The number of hydrogen-bond donors (Lipinski definition) is 0. The summed E-state index contributed by atoms with van der Waals surface area (Å²) in [5.74, 6) is 0.831. The van der Waals surface area contributed by atoms with Gasteiger partial charge in [0.15, 0.2) is 5.76 Å². The largest absolute Gasteiger partial charge is 0.463 e. The van der Waals surface area contributed by atoms with Gasteiger partial charge in [0.25, 0.3) is 0 Å². The molecular formula is C11H11NO. The molecule has 2 heterocycles. The molecule has 0 aliphatic rings. The van der Waals surface area contributed by atoms with Crippen molar-refractivity contribution in [3.63, 3.8) is 0 Å². The summed E-state index contributed by atoms with van der Waals surface area (Å²) in [6.07, 6.45) is 3.52. The van der Waals surface area contributed by atoms with Gasteiger partial charge in [0.1, 0.15) is 5.69 Å². The SMILES string of the molecule is Cc1cnc(-c2ccco2)c(C)c1. The van der Waals surface area contributed by atoms with Crippen LogP contribution in [-0.4, -0.2) is 4.98 Å². The van der Waals surface area contributed by atoms with Crippen LogP contribution in [-0.2, 0) is 0 Å². The van der Waals surface area contributed by atoms with Crippen LogP contribution in [0.15, 0.2) is 35.1 Å². The highest BCUT2D eigenvalue weighted by Gasteiger charge is 2.05. The summed E-state index contributed by atoms with van der Waals surface area (Å²) in [6, 6.07) is 5.89. The zero-order valence-corrected chi connectivity index (χ0v) is 7.74. The molecule has 0 bridgehead atoms. The topological polar surface area (TPSA) is 26.0 Å². The van der Waals surface area contributed by atoms with Crippen molar-refractivity contribution in [1.29, 1.82) is 0 Å². The first-order valence-corrected chi connectivity index (χ1v) is 4.24. The van der Waals surface area contributed by atoms with Gasteiger partial charge in [0, 0.05) is 6.20 Å². The van der Waals surface area contributed by atoms with Gasteiger partial charge in [-0.3, -0.25) is 4.98 Å². The minimum atomic E-state index is 0.831. The molecule has 2 aromatic rings. The van der Waals surface area contributed by atoms with Crippen LogP contribution in [0.1, 0.15) is 11.1 Å². The molecule has 2 aromatic heterocycles. The standard InChI is InChI=1S/C11H11NO/c1-8-6-9(2)11(12-7-8)10-4-3-5-13-10/h3-7H,1-2H3. The first kappa shape index (κ1) is 8.05. The van der Waals surface area contributed by atoms with Crippen LogP contribution in [0.3, 0.4) is 0 Å². The second-order valence-corrected chi connectivity index (χ2v) is 3.16. The maximum atomic E-state index is 5.28. The lowest BCUT2D eigenvalue weighted by Gasteiger charge is -2.01. The lowest BCUT2D eigenvalue weighted by atomic mass is 10.1. The van der Waals surface area contributed by atoms with Gasteiger partial charge in [0.05, 0.1) is 6.26 Å². The van der Waals surface area contributed by atoms with Gasteiger partial charge < -0.3 is 4.42 Å². The Hall–Kier alpha value is -1.57. The first-order chi connectivity index (χ1) is 6.27. The molecule has 0 aliphatic heterocycles. The Morgan fingerprint density at radius 2 is 2.15 bits per heavy atom. The summed E-state index contributed by atoms with van der Waals surface area (Å²) >= 11 is 0. The van der Waals surface area contributed by atoms with Crippen LogP contribution in [0, 0.1) is 13.8 Å². The highest BCUT2D eigenvalue weighted by molar-refractivity contribution is 5.56. The van der Waals surface area contributed by atoms with E-state index < -0.39 is 0 Å². The van der Waals surface area contributed by atoms with E-state index in [1.54, 1.807) is 6.26 Å². The fourth-order valence-corrected chi connectivity index (χ4v) is 1.39. The Kier molecular flexibility index (Phi) is 1.89. The lowest BCUT2D eigenvalue weighted by molar-refractivity contribution is 0.579. The molecule has 0 aromatic carbocycles. The lowest BCUT2D eigenvalue weighted by Crippen LogP contribution is -1.87. The van der Waals surface area contributed by atoms with Crippen LogP contribution in [0.5, 0.6) is 0 Å². The van der Waals surface area contributed by atoms with Gasteiger partial charge in [0.2, 0.25) is 0 Å². The molecule has 0 radical (unpaired) electrons. The van der Waals surface area contributed by atoms with Gasteiger partial charge in [-0.2, -0.15) is 0 Å². The molecule has 0 saturated carbocycles. The molecule has 0 N–H and O–H groups in total. The van der Waals surface area contributed by atoms with E-state index in [4.69, 9.17) is 4.42 Å². The van der Waals surface area contributed by atoms with Crippen molar-refractivity contribution < 1.29 is 4.42 Å². The number of pyridine rings is 1. The fourth-order valence-electron chi connectivity index (χ4n) is 1.39. The third-order valence-corrected chi connectivity index (χ3v) is 1.97. The van der Waals surface area contributed by atoms with E-state index in [9.17, 15) is 0 Å². The van der Waals surface area contributed by atoms with E-state index in [0.29, 0.717) is 0 Å². The molecule has 66 valence electrons. The molecular weight excluding hydrogens is 162 g/mol. The van der Waals surface area contributed by atoms with Crippen molar-refractivity contribution in [3.05, 3.63) is 41.8 Å². The van der Waals surface area contributed by atoms with Gasteiger partial charge in [-0.1, -0.05) is 6.07 Å². The second-order valence-electron chi connectivity index (χ2n) is 3.16. The van der Waals surface area contributed by atoms with Gasteiger partial charge in [-0.05, 0) is 37.1 Å². The van der Waals surface area contributed by atoms with E-state index in [-0.39, 0.29) is 0 Å². The number of aromatic nitrogens is 1. The van der Waals surface area contributed by atoms with Crippen LogP contribution < -0.4 is 0 Å². The average molecular weight is 173 g/mol. The highest BCUT2D eigenvalue weighted by atomic mass is 16.3. The summed E-state index contributed by atoms with van der Waals surface area (Å²) in [5, 5.41) is 0. The Bertz CT molecular complexity index is 404. The second kappa shape index (κ2) is 3.05. The molecule has 0 saturated heterocycles. The van der Waals surface area contributed by atoms with E-state index in [1.165, 1.54) is 5.56 Å². The molecule has 2 nitrogen and oxygen atoms in total. The molecule has 0 atom stereocenters. The van der Waals surface area contributed by atoms with Crippen LogP contribution in [0.4, 0.5) is 0 Å².